The largest absolute Gasteiger partial charge is 0.491 e. The summed E-state index contributed by atoms with van der Waals surface area (Å²) < 4.78 is 38.1. The zero-order valence-corrected chi connectivity index (χ0v) is 23.8. The molecule has 9 nitrogen and oxygen atoms in total. The van der Waals surface area contributed by atoms with Gasteiger partial charge in [0.25, 0.3) is 0 Å². The van der Waals surface area contributed by atoms with Crippen molar-refractivity contribution in [1.29, 1.82) is 0 Å². The molecule has 43 heavy (non-hydrogen) atoms. The molecular formula is C32H34F2N4O5. The first kappa shape index (κ1) is 31.4. The predicted molar refractivity (Wildman–Crippen MR) is 156 cm³/mol. The van der Waals surface area contributed by atoms with Gasteiger partial charge in [-0.15, -0.1) is 0 Å². The van der Waals surface area contributed by atoms with E-state index in [1.165, 1.54) is 31.4 Å². The first-order valence-corrected chi connectivity index (χ1v) is 13.8. The fourth-order valence-electron chi connectivity index (χ4n) is 4.87. The first-order chi connectivity index (χ1) is 20.7. The van der Waals surface area contributed by atoms with E-state index in [0.29, 0.717) is 29.5 Å². The number of halogens is 2. The summed E-state index contributed by atoms with van der Waals surface area (Å²) in [5.74, 6) is 4.90. The lowest BCUT2D eigenvalue weighted by atomic mass is 9.96. The van der Waals surface area contributed by atoms with E-state index in [2.05, 4.69) is 21.6 Å². The number of carbonyl (C=O) groups excluding carboxylic acids is 2. The average Bonchev–Trinajstić information content (AvgIpc) is 3.02. The quantitative estimate of drug-likeness (QED) is 0.158. The van der Waals surface area contributed by atoms with Crippen LogP contribution in [0.15, 0.2) is 66.7 Å². The Hall–Kier alpha value is -4.50. The number of urea groups is 1. The van der Waals surface area contributed by atoms with Gasteiger partial charge >= 0.3 is 12.0 Å². The van der Waals surface area contributed by atoms with E-state index >= 15 is 0 Å². The van der Waals surface area contributed by atoms with Gasteiger partial charge in [0.15, 0.2) is 0 Å². The normalized spacial score (nSPS) is 13.7. The predicted octanol–water partition coefficient (Wildman–Crippen LogP) is 4.05. The number of piperazine rings is 1. The summed E-state index contributed by atoms with van der Waals surface area (Å²) in [7, 11) is 1.29. The molecule has 3 aromatic rings. The van der Waals surface area contributed by atoms with Crippen LogP contribution in [0.1, 0.15) is 39.5 Å². The molecular weight excluding hydrogens is 558 g/mol. The first-order valence-electron chi connectivity index (χ1n) is 13.8. The molecule has 0 atom stereocenters. The van der Waals surface area contributed by atoms with Gasteiger partial charge in [0.2, 0.25) is 0 Å². The number of carbonyl (C=O) groups is 2. The molecule has 0 unspecified atom stereocenters. The van der Waals surface area contributed by atoms with Crippen LogP contribution in [0.5, 0.6) is 5.75 Å². The number of hydrogen-bond acceptors (Lipinski definition) is 7. The highest BCUT2D eigenvalue weighted by atomic mass is 19.1. The van der Waals surface area contributed by atoms with Crippen molar-refractivity contribution in [1.82, 2.24) is 14.9 Å². The van der Waals surface area contributed by atoms with Crippen molar-refractivity contribution in [2.24, 2.45) is 5.73 Å². The van der Waals surface area contributed by atoms with Crippen LogP contribution in [-0.4, -0.2) is 85.1 Å². The second kappa shape index (κ2) is 15.1. The summed E-state index contributed by atoms with van der Waals surface area (Å²) in [6.45, 7) is 3.95. The van der Waals surface area contributed by atoms with Crippen LogP contribution in [0.3, 0.4) is 0 Å². The van der Waals surface area contributed by atoms with Gasteiger partial charge in [-0.1, -0.05) is 36.1 Å². The number of rotatable bonds is 10. The molecule has 1 aliphatic rings. The van der Waals surface area contributed by atoms with E-state index in [-0.39, 0.29) is 36.2 Å². The maximum absolute atomic E-state index is 13.6. The van der Waals surface area contributed by atoms with Gasteiger partial charge in [-0.2, -0.15) is 0 Å². The zero-order chi connectivity index (χ0) is 30.8. The molecule has 0 saturated carbocycles. The molecule has 0 aliphatic carbocycles. The fraction of sp³-hybridized carbons (Fsp3) is 0.312. The van der Waals surface area contributed by atoms with Crippen LogP contribution in [0.4, 0.5) is 13.6 Å². The summed E-state index contributed by atoms with van der Waals surface area (Å²) in [6, 6.07) is 16.7. The van der Waals surface area contributed by atoms with Crippen LogP contribution in [0.2, 0.25) is 0 Å². The molecule has 0 radical (unpaired) electrons. The molecule has 226 valence electrons. The van der Waals surface area contributed by atoms with Crippen molar-refractivity contribution in [2.75, 3.05) is 53.0 Å². The topological polar surface area (TPSA) is 109 Å². The summed E-state index contributed by atoms with van der Waals surface area (Å²) >= 11 is 0. The third-order valence-corrected chi connectivity index (χ3v) is 7.13. The van der Waals surface area contributed by atoms with E-state index < -0.39 is 12.0 Å². The molecule has 3 aromatic carbocycles. The van der Waals surface area contributed by atoms with E-state index in [1.54, 1.807) is 42.5 Å². The molecule has 0 bridgehead atoms. The van der Waals surface area contributed by atoms with Gasteiger partial charge in [0, 0.05) is 44.7 Å². The summed E-state index contributed by atoms with van der Waals surface area (Å²) in [6.07, 6.45) is 0.188. The number of primary amides is 1. The number of hydroxylamine groups is 2. The Labute approximate surface area is 249 Å². The van der Waals surface area contributed by atoms with E-state index in [0.717, 1.165) is 37.3 Å². The minimum Gasteiger partial charge on any atom is -0.491 e. The molecule has 4 rings (SSSR count). The molecule has 1 aliphatic heterocycles. The number of esters is 1. The van der Waals surface area contributed by atoms with Crippen LogP contribution in [0, 0.1) is 23.5 Å². The highest BCUT2D eigenvalue weighted by molar-refractivity contribution is 5.93. The van der Waals surface area contributed by atoms with Crippen molar-refractivity contribution < 1.29 is 33.1 Å². The van der Waals surface area contributed by atoms with Gasteiger partial charge in [-0.3, -0.25) is 15.0 Å². The Morgan fingerprint density at radius 3 is 2.14 bits per heavy atom. The van der Waals surface area contributed by atoms with Gasteiger partial charge < -0.3 is 15.2 Å². The lowest BCUT2D eigenvalue weighted by Crippen LogP contribution is -2.48. The standard InChI is InChI=1S/C32H34F2N4O5/c1-42-31(39)28-22-23(4-2-3-15-38(41)32(35)40)5-14-29(28)43-21-20-36-16-18-37(19-17-36)30(24-6-10-26(33)11-7-24)25-8-12-27(34)13-9-25/h5-14,22,30,41H,3,15-21H2,1H3,(H2,35,40). The second-order valence-electron chi connectivity index (χ2n) is 9.95. The second-order valence-corrected chi connectivity index (χ2v) is 9.95. The number of benzene rings is 3. The van der Waals surface area contributed by atoms with Crippen molar-refractivity contribution in [3.63, 3.8) is 0 Å². The number of amides is 2. The molecule has 3 N–H and O–H groups in total. The third kappa shape index (κ3) is 8.75. The van der Waals surface area contributed by atoms with Crippen molar-refractivity contribution >= 4 is 12.0 Å². The Morgan fingerprint density at radius 2 is 1.58 bits per heavy atom. The number of hydrogen-bond donors (Lipinski definition) is 2. The molecule has 2 amide bonds. The van der Waals surface area contributed by atoms with Crippen molar-refractivity contribution in [3.05, 3.63) is 101 Å². The van der Waals surface area contributed by atoms with Gasteiger partial charge in [-0.25, -0.2) is 23.4 Å². The van der Waals surface area contributed by atoms with E-state index in [1.807, 2.05) is 0 Å². The smallest absolute Gasteiger partial charge is 0.341 e. The van der Waals surface area contributed by atoms with Gasteiger partial charge in [0.05, 0.1) is 19.7 Å². The monoisotopic (exact) mass is 592 g/mol. The van der Waals surface area contributed by atoms with Gasteiger partial charge in [-0.05, 0) is 53.6 Å². The zero-order valence-electron chi connectivity index (χ0n) is 23.8. The Kier molecular flexibility index (Phi) is 11.0. The Balaban J connectivity index is 1.34. The van der Waals surface area contributed by atoms with Gasteiger partial charge in [0.1, 0.15) is 29.6 Å². The van der Waals surface area contributed by atoms with Crippen molar-refractivity contribution in [2.45, 2.75) is 12.5 Å². The van der Waals surface area contributed by atoms with E-state index in [9.17, 15) is 23.6 Å². The number of methoxy groups -OCH3 is 1. The number of ether oxygens (including phenoxy) is 2. The minimum absolute atomic E-state index is 0.0409. The lowest BCUT2D eigenvalue weighted by molar-refractivity contribution is -0.0372. The number of nitrogens with zero attached hydrogens (tertiary/aromatic N) is 3. The number of nitrogens with two attached hydrogens (primary N) is 1. The molecule has 11 heteroatoms. The molecule has 0 aromatic heterocycles. The summed E-state index contributed by atoms with van der Waals surface area (Å²) in [5.41, 5.74) is 7.63. The Bertz CT molecular complexity index is 1400. The van der Waals surface area contributed by atoms with Crippen LogP contribution >= 0.6 is 0 Å². The lowest BCUT2D eigenvalue weighted by Gasteiger charge is -2.39. The van der Waals surface area contributed by atoms with E-state index in [4.69, 9.17) is 15.2 Å². The third-order valence-electron chi connectivity index (χ3n) is 7.13. The summed E-state index contributed by atoms with van der Waals surface area (Å²) in [5, 5.41) is 9.69. The maximum Gasteiger partial charge on any atom is 0.341 e. The molecule has 1 fully saturated rings. The van der Waals surface area contributed by atoms with Crippen LogP contribution in [0.25, 0.3) is 0 Å². The maximum atomic E-state index is 13.6. The SMILES string of the molecule is COC(=O)c1cc(C#CCCN(O)C(N)=O)ccc1OCCN1CCN(C(c2ccc(F)cc2)c2ccc(F)cc2)CC1. The highest BCUT2D eigenvalue weighted by Gasteiger charge is 2.26. The van der Waals surface area contributed by atoms with Crippen LogP contribution in [-0.2, 0) is 4.74 Å². The van der Waals surface area contributed by atoms with Crippen molar-refractivity contribution in [3.8, 4) is 17.6 Å². The summed E-state index contributed by atoms with van der Waals surface area (Å²) in [4.78, 5) is 27.8. The highest BCUT2D eigenvalue weighted by Crippen LogP contribution is 2.30. The fourth-order valence-corrected chi connectivity index (χ4v) is 4.87. The Morgan fingerprint density at radius 1 is 0.977 bits per heavy atom. The minimum atomic E-state index is -0.961. The molecule has 1 heterocycles. The molecule has 1 saturated heterocycles. The van der Waals surface area contributed by atoms with Crippen LogP contribution < -0.4 is 10.5 Å². The molecule has 0 spiro atoms. The average molecular weight is 593 g/mol.